The molecule has 28 heavy (non-hydrogen) atoms. The molecule has 0 radical (unpaired) electrons. The standard InChI is InChI=1S/C25H31F2N/c26-24-16-15-23(18-25(24)27)22-13-11-21(12-14-22)20-9-7-19(8-10-20)6-4-2-1-3-5-17-28/h1-3,5,15-16,18-22H,4,6-14H2/t19-,20-,21-,22-. The maximum atomic E-state index is 13.5. The Morgan fingerprint density at radius 1 is 0.893 bits per heavy atom. The lowest BCUT2D eigenvalue weighted by Crippen LogP contribution is -2.25. The van der Waals surface area contributed by atoms with Gasteiger partial charge in [0.25, 0.3) is 0 Å². The van der Waals surface area contributed by atoms with E-state index >= 15 is 0 Å². The summed E-state index contributed by atoms with van der Waals surface area (Å²) in [6.07, 6.45) is 19.9. The molecule has 1 aromatic rings. The second-order valence-electron chi connectivity index (χ2n) is 8.56. The highest BCUT2D eigenvalue weighted by molar-refractivity contribution is 5.22. The van der Waals surface area contributed by atoms with Gasteiger partial charge in [0.2, 0.25) is 0 Å². The summed E-state index contributed by atoms with van der Waals surface area (Å²) in [5.41, 5.74) is 0.971. The van der Waals surface area contributed by atoms with E-state index in [9.17, 15) is 8.78 Å². The van der Waals surface area contributed by atoms with Crippen LogP contribution in [-0.2, 0) is 0 Å². The zero-order valence-electron chi connectivity index (χ0n) is 16.6. The van der Waals surface area contributed by atoms with Crippen molar-refractivity contribution in [1.29, 1.82) is 5.26 Å². The monoisotopic (exact) mass is 383 g/mol. The van der Waals surface area contributed by atoms with Crippen molar-refractivity contribution >= 4 is 0 Å². The van der Waals surface area contributed by atoms with Crippen molar-refractivity contribution in [1.82, 2.24) is 0 Å². The van der Waals surface area contributed by atoms with Crippen LogP contribution in [0.1, 0.15) is 75.7 Å². The molecule has 2 fully saturated rings. The molecule has 0 unspecified atom stereocenters. The number of hydrogen-bond donors (Lipinski definition) is 0. The molecule has 150 valence electrons. The van der Waals surface area contributed by atoms with E-state index in [0.717, 1.165) is 42.6 Å². The van der Waals surface area contributed by atoms with Gasteiger partial charge < -0.3 is 0 Å². The highest BCUT2D eigenvalue weighted by Gasteiger charge is 2.31. The van der Waals surface area contributed by atoms with Crippen LogP contribution >= 0.6 is 0 Å². The molecule has 0 spiro atoms. The Morgan fingerprint density at radius 2 is 1.57 bits per heavy atom. The minimum atomic E-state index is -0.747. The second-order valence-corrected chi connectivity index (χ2v) is 8.56. The fraction of sp³-hybridized carbons (Fsp3) is 0.560. The number of benzene rings is 1. The van der Waals surface area contributed by atoms with Crippen LogP contribution in [0.4, 0.5) is 8.78 Å². The normalized spacial score (nSPS) is 28.6. The molecule has 3 heteroatoms. The van der Waals surface area contributed by atoms with E-state index in [2.05, 4.69) is 6.08 Å². The summed E-state index contributed by atoms with van der Waals surface area (Å²) in [5, 5.41) is 8.45. The van der Waals surface area contributed by atoms with Crippen molar-refractivity contribution in [3.05, 3.63) is 59.7 Å². The van der Waals surface area contributed by atoms with Gasteiger partial charge in [-0.05, 0) is 92.7 Å². The summed E-state index contributed by atoms with van der Waals surface area (Å²) in [7, 11) is 0. The summed E-state index contributed by atoms with van der Waals surface area (Å²) in [6, 6.07) is 6.43. The van der Waals surface area contributed by atoms with Crippen molar-refractivity contribution in [2.45, 2.75) is 70.1 Å². The summed E-state index contributed by atoms with van der Waals surface area (Å²) < 4.78 is 26.7. The molecule has 0 heterocycles. The largest absolute Gasteiger partial charge is 0.204 e. The highest BCUT2D eigenvalue weighted by atomic mass is 19.2. The summed E-state index contributed by atoms with van der Waals surface area (Å²) in [4.78, 5) is 0. The van der Waals surface area contributed by atoms with Crippen LogP contribution in [0.2, 0.25) is 0 Å². The topological polar surface area (TPSA) is 23.8 Å². The lowest BCUT2D eigenvalue weighted by molar-refractivity contribution is 0.157. The van der Waals surface area contributed by atoms with Gasteiger partial charge >= 0.3 is 0 Å². The van der Waals surface area contributed by atoms with Crippen molar-refractivity contribution < 1.29 is 8.78 Å². The zero-order chi connectivity index (χ0) is 19.8. The maximum absolute atomic E-state index is 13.5. The molecule has 0 aliphatic heterocycles. The molecule has 2 aliphatic rings. The van der Waals surface area contributed by atoms with Gasteiger partial charge in [-0.3, -0.25) is 0 Å². The van der Waals surface area contributed by atoms with Gasteiger partial charge in [0.1, 0.15) is 0 Å². The predicted molar refractivity (Wildman–Crippen MR) is 110 cm³/mol. The van der Waals surface area contributed by atoms with Crippen LogP contribution in [-0.4, -0.2) is 0 Å². The van der Waals surface area contributed by atoms with Crippen LogP contribution in [0, 0.1) is 40.7 Å². The Hall–Kier alpha value is -1.95. The third-order valence-electron chi connectivity index (χ3n) is 6.90. The molecule has 1 aromatic carbocycles. The number of hydrogen-bond acceptors (Lipinski definition) is 1. The molecule has 0 N–H and O–H groups in total. The van der Waals surface area contributed by atoms with Crippen molar-refractivity contribution in [2.24, 2.45) is 17.8 Å². The first-order chi connectivity index (χ1) is 13.7. The van der Waals surface area contributed by atoms with Gasteiger partial charge in [0.05, 0.1) is 6.07 Å². The maximum Gasteiger partial charge on any atom is 0.159 e. The average molecular weight is 384 g/mol. The minimum absolute atomic E-state index is 0.393. The Morgan fingerprint density at radius 3 is 2.21 bits per heavy atom. The zero-order valence-corrected chi connectivity index (χ0v) is 16.6. The van der Waals surface area contributed by atoms with Crippen LogP contribution < -0.4 is 0 Å². The number of allylic oxidation sites excluding steroid dienone is 4. The van der Waals surface area contributed by atoms with Crippen LogP contribution in [0.25, 0.3) is 0 Å². The lowest BCUT2D eigenvalue weighted by Gasteiger charge is -2.38. The van der Waals surface area contributed by atoms with Crippen LogP contribution in [0.3, 0.4) is 0 Å². The van der Waals surface area contributed by atoms with Gasteiger partial charge in [-0.15, -0.1) is 0 Å². The van der Waals surface area contributed by atoms with Crippen LogP contribution in [0.15, 0.2) is 42.5 Å². The molecular formula is C25H31F2N. The molecule has 3 rings (SSSR count). The van der Waals surface area contributed by atoms with Crippen molar-refractivity contribution in [3.63, 3.8) is 0 Å². The Kier molecular flexibility index (Phi) is 7.83. The van der Waals surface area contributed by atoms with E-state index in [1.807, 2.05) is 12.1 Å². The predicted octanol–water partition coefficient (Wildman–Crippen LogP) is 7.46. The molecule has 0 saturated heterocycles. The number of halogens is 2. The van der Waals surface area contributed by atoms with Gasteiger partial charge in [0.15, 0.2) is 11.6 Å². The summed E-state index contributed by atoms with van der Waals surface area (Å²) >= 11 is 0. The summed E-state index contributed by atoms with van der Waals surface area (Å²) in [5.74, 6) is 1.45. The van der Waals surface area contributed by atoms with E-state index in [1.54, 1.807) is 12.1 Å². The molecule has 0 amide bonds. The molecule has 0 atom stereocenters. The first kappa shape index (κ1) is 20.8. The average Bonchev–Trinajstić information content (AvgIpc) is 2.73. The fourth-order valence-electron chi connectivity index (χ4n) is 5.24. The number of nitriles is 1. The van der Waals surface area contributed by atoms with E-state index in [-0.39, 0.29) is 0 Å². The SMILES string of the molecule is N#CC=CC=CCC[C@H]1CC[C@H]([C@H]2CC[C@H](c3ccc(F)c(F)c3)CC2)CC1. The van der Waals surface area contributed by atoms with E-state index in [1.165, 1.54) is 63.2 Å². The molecule has 2 saturated carbocycles. The van der Waals surface area contributed by atoms with E-state index < -0.39 is 11.6 Å². The molecule has 0 bridgehead atoms. The van der Waals surface area contributed by atoms with Gasteiger partial charge in [0, 0.05) is 6.08 Å². The number of rotatable bonds is 6. The highest BCUT2D eigenvalue weighted by Crippen LogP contribution is 2.44. The minimum Gasteiger partial charge on any atom is -0.204 e. The fourth-order valence-corrected chi connectivity index (χ4v) is 5.24. The Balaban J connectivity index is 1.38. The second kappa shape index (κ2) is 10.6. The Bertz CT molecular complexity index is 715. The lowest BCUT2D eigenvalue weighted by atomic mass is 9.68. The molecular weight excluding hydrogens is 352 g/mol. The Labute approximate surface area is 168 Å². The van der Waals surface area contributed by atoms with E-state index in [4.69, 9.17) is 5.26 Å². The van der Waals surface area contributed by atoms with Gasteiger partial charge in [-0.1, -0.05) is 37.1 Å². The first-order valence-corrected chi connectivity index (χ1v) is 10.8. The van der Waals surface area contributed by atoms with Gasteiger partial charge in [-0.25, -0.2) is 8.78 Å². The molecule has 0 aromatic heterocycles. The third kappa shape index (κ3) is 5.77. The van der Waals surface area contributed by atoms with Crippen molar-refractivity contribution in [3.8, 4) is 6.07 Å². The summed E-state index contributed by atoms with van der Waals surface area (Å²) in [6.45, 7) is 0. The van der Waals surface area contributed by atoms with Crippen molar-refractivity contribution in [2.75, 3.05) is 0 Å². The smallest absolute Gasteiger partial charge is 0.159 e. The molecule has 2 aliphatic carbocycles. The first-order valence-electron chi connectivity index (χ1n) is 10.8. The van der Waals surface area contributed by atoms with E-state index in [0.29, 0.717) is 5.92 Å². The third-order valence-corrected chi connectivity index (χ3v) is 6.90. The number of nitrogens with zero attached hydrogens (tertiary/aromatic N) is 1. The van der Waals surface area contributed by atoms with Gasteiger partial charge in [-0.2, -0.15) is 5.26 Å². The molecule has 1 nitrogen and oxygen atoms in total. The van der Waals surface area contributed by atoms with Crippen LogP contribution in [0.5, 0.6) is 0 Å². The quantitative estimate of drug-likeness (QED) is 0.369.